The van der Waals surface area contributed by atoms with Gasteiger partial charge in [0.05, 0.1) is 6.04 Å². The second-order valence-electron chi connectivity index (χ2n) is 13.7. The zero-order valence-corrected chi connectivity index (χ0v) is 27.1. The second kappa shape index (κ2) is 15.0. The van der Waals surface area contributed by atoms with Gasteiger partial charge in [0.1, 0.15) is 30.0 Å². The Morgan fingerprint density at radius 2 is 1.64 bits per heavy atom. The summed E-state index contributed by atoms with van der Waals surface area (Å²) >= 11 is 0. The number of hydrogen-bond donors (Lipinski definition) is 3. The summed E-state index contributed by atoms with van der Waals surface area (Å²) in [6.45, 7) is 10.9. The van der Waals surface area contributed by atoms with Crippen molar-refractivity contribution in [2.24, 2.45) is 17.3 Å². The van der Waals surface area contributed by atoms with Gasteiger partial charge in [0.15, 0.2) is 6.29 Å². The highest BCUT2D eigenvalue weighted by molar-refractivity contribution is 6.27. The van der Waals surface area contributed by atoms with E-state index in [0.717, 1.165) is 6.42 Å². The van der Waals surface area contributed by atoms with Crippen molar-refractivity contribution < 1.29 is 37.9 Å². The van der Waals surface area contributed by atoms with E-state index in [4.69, 9.17) is 4.74 Å². The van der Waals surface area contributed by atoms with E-state index >= 15 is 0 Å². The van der Waals surface area contributed by atoms with E-state index in [1.807, 2.05) is 13.8 Å². The van der Waals surface area contributed by atoms with Crippen LogP contribution in [0.25, 0.3) is 0 Å². The van der Waals surface area contributed by atoms with Crippen LogP contribution in [-0.4, -0.2) is 71.0 Å². The van der Waals surface area contributed by atoms with Gasteiger partial charge in [-0.25, -0.2) is 14.0 Å². The molecule has 1 heterocycles. The minimum absolute atomic E-state index is 0.0343. The van der Waals surface area contributed by atoms with Crippen molar-refractivity contribution in [1.82, 2.24) is 20.9 Å². The minimum atomic E-state index is -1.30. The van der Waals surface area contributed by atoms with Crippen LogP contribution in [0.3, 0.4) is 0 Å². The van der Waals surface area contributed by atoms with Gasteiger partial charge >= 0.3 is 12.0 Å². The Kier molecular flexibility index (Phi) is 11.9. The number of ketones is 1. The van der Waals surface area contributed by atoms with Crippen molar-refractivity contribution in [3.8, 4) is 0 Å². The number of likely N-dealkylation sites (tertiary alicyclic amines) is 1. The van der Waals surface area contributed by atoms with Gasteiger partial charge in [-0.15, -0.1) is 0 Å². The van der Waals surface area contributed by atoms with Gasteiger partial charge in [0.25, 0.3) is 0 Å². The highest BCUT2D eigenvalue weighted by atomic mass is 19.1. The standard InChI is InChI=1S/C33H47FN4O7/c1-20(2)24-14-17-38(26(24)28(41)35-21(3)25(40)18-39)29(42)27(32(4,5)6)36-31(44)37-33(15-8-7-9-16-33)30(43)45-19-22-10-12-23(34)13-11-22/h10-13,18,20-21,24,26-27H,7-9,14-17,19H2,1-6H3,(H,35,41)(H2,36,37,44)/t21?,24-,26+,27-/m1/s1. The lowest BCUT2D eigenvalue weighted by atomic mass is 9.81. The van der Waals surface area contributed by atoms with E-state index in [1.54, 1.807) is 20.8 Å². The molecule has 12 heteroatoms. The SMILES string of the molecule is CC(NC(=O)[C@@H]1[C@@H](C(C)C)CCN1C(=O)[C@@H](NC(=O)NC1(C(=O)OCc2ccc(F)cc2)CCCCC1)C(C)(C)C)C(=O)C=O. The summed E-state index contributed by atoms with van der Waals surface area (Å²) in [7, 11) is 0. The number of rotatable bonds is 11. The first kappa shape index (κ1) is 35.6. The predicted molar refractivity (Wildman–Crippen MR) is 164 cm³/mol. The van der Waals surface area contributed by atoms with Gasteiger partial charge in [-0.2, -0.15) is 0 Å². The first-order valence-corrected chi connectivity index (χ1v) is 15.7. The van der Waals surface area contributed by atoms with Gasteiger partial charge in [-0.3, -0.25) is 19.2 Å². The summed E-state index contributed by atoms with van der Waals surface area (Å²) in [6.07, 6.45) is 3.70. The Hall–Kier alpha value is -3.83. The molecule has 45 heavy (non-hydrogen) atoms. The number of urea groups is 1. The molecule has 248 valence electrons. The number of hydrogen-bond acceptors (Lipinski definition) is 7. The third-order valence-electron chi connectivity index (χ3n) is 8.88. The number of ether oxygens (including phenoxy) is 1. The third kappa shape index (κ3) is 8.88. The van der Waals surface area contributed by atoms with Crippen LogP contribution in [-0.2, 0) is 35.3 Å². The Morgan fingerprint density at radius 1 is 1.02 bits per heavy atom. The number of esters is 1. The number of carbonyl (C=O) groups excluding carboxylic acids is 6. The van der Waals surface area contributed by atoms with Crippen LogP contribution in [0.5, 0.6) is 0 Å². The maximum Gasteiger partial charge on any atom is 0.332 e. The molecule has 11 nitrogen and oxygen atoms in total. The summed E-state index contributed by atoms with van der Waals surface area (Å²) in [5.74, 6) is -2.96. The molecule has 4 atom stereocenters. The van der Waals surface area contributed by atoms with Crippen molar-refractivity contribution in [2.45, 2.75) is 110 Å². The number of Topliss-reactive ketones (excluding diaryl/α,β-unsaturated/α-hetero) is 1. The maximum absolute atomic E-state index is 14.1. The van der Waals surface area contributed by atoms with E-state index < -0.39 is 64.5 Å². The van der Waals surface area contributed by atoms with E-state index in [2.05, 4.69) is 16.0 Å². The highest BCUT2D eigenvalue weighted by Gasteiger charge is 2.48. The normalized spacial score (nSPS) is 20.9. The molecule has 0 bridgehead atoms. The van der Waals surface area contributed by atoms with Gasteiger partial charge in [-0.1, -0.05) is 66.0 Å². The monoisotopic (exact) mass is 630 g/mol. The van der Waals surface area contributed by atoms with Crippen molar-refractivity contribution in [2.75, 3.05) is 6.54 Å². The number of benzene rings is 1. The quantitative estimate of drug-likeness (QED) is 0.193. The predicted octanol–water partition coefficient (Wildman–Crippen LogP) is 3.43. The lowest BCUT2D eigenvalue weighted by Gasteiger charge is -2.39. The van der Waals surface area contributed by atoms with E-state index in [0.29, 0.717) is 37.7 Å². The topological polar surface area (TPSA) is 151 Å². The summed E-state index contributed by atoms with van der Waals surface area (Å²) in [4.78, 5) is 78.8. The molecular formula is C33H47FN4O7. The summed E-state index contributed by atoms with van der Waals surface area (Å²) in [5.41, 5.74) is -1.48. The average Bonchev–Trinajstić information content (AvgIpc) is 3.44. The van der Waals surface area contributed by atoms with Crippen LogP contribution < -0.4 is 16.0 Å². The van der Waals surface area contributed by atoms with Crippen LogP contribution in [0.15, 0.2) is 24.3 Å². The number of halogens is 1. The molecule has 1 aliphatic carbocycles. The molecule has 3 N–H and O–H groups in total. The van der Waals surface area contributed by atoms with Gasteiger partial charge in [0.2, 0.25) is 17.6 Å². The fourth-order valence-electron chi connectivity index (χ4n) is 6.17. The number of aldehydes is 1. The zero-order valence-electron chi connectivity index (χ0n) is 27.1. The van der Waals surface area contributed by atoms with Crippen molar-refractivity contribution in [3.05, 3.63) is 35.6 Å². The largest absolute Gasteiger partial charge is 0.459 e. The minimum Gasteiger partial charge on any atom is -0.459 e. The van der Waals surface area contributed by atoms with Crippen LogP contribution in [0, 0.1) is 23.1 Å². The average molecular weight is 631 g/mol. The first-order valence-electron chi connectivity index (χ1n) is 15.7. The number of carbonyl (C=O) groups is 6. The van der Waals surface area contributed by atoms with Crippen LogP contribution in [0.1, 0.15) is 85.6 Å². The molecule has 2 aliphatic rings. The summed E-state index contributed by atoms with van der Waals surface area (Å²) < 4.78 is 18.9. The molecule has 2 fully saturated rings. The molecule has 4 amide bonds. The van der Waals surface area contributed by atoms with Gasteiger partial charge in [-0.05, 0) is 61.1 Å². The Morgan fingerprint density at radius 3 is 2.20 bits per heavy atom. The van der Waals surface area contributed by atoms with Crippen molar-refractivity contribution in [1.29, 1.82) is 0 Å². The van der Waals surface area contributed by atoms with Crippen molar-refractivity contribution in [3.63, 3.8) is 0 Å². The number of nitrogens with one attached hydrogen (secondary N) is 3. The molecular weight excluding hydrogens is 583 g/mol. The van der Waals surface area contributed by atoms with Crippen LogP contribution in [0.4, 0.5) is 9.18 Å². The smallest absolute Gasteiger partial charge is 0.332 e. The fraction of sp³-hybridized carbons (Fsp3) is 0.636. The maximum atomic E-state index is 14.1. The van der Waals surface area contributed by atoms with Gasteiger partial charge < -0.3 is 25.6 Å². The summed E-state index contributed by atoms with van der Waals surface area (Å²) in [5, 5.41) is 8.19. The third-order valence-corrected chi connectivity index (χ3v) is 8.88. The van der Waals surface area contributed by atoms with Crippen molar-refractivity contribution >= 4 is 35.9 Å². The number of amides is 4. The Bertz CT molecular complexity index is 1250. The number of nitrogens with zero attached hydrogens (tertiary/aromatic N) is 1. The highest BCUT2D eigenvalue weighted by Crippen LogP contribution is 2.34. The molecule has 1 aliphatic heterocycles. The first-order chi connectivity index (χ1) is 21.1. The molecule has 1 saturated carbocycles. The Labute approximate surface area is 264 Å². The summed E-state index contributed by atoms with van der Waals surface area (Å²) in [6, 6.07) is 1.87. The molecule has 0 spiro atoms. The van der Waals surface area contributed by atoms with E-state index in [1.165, 1.54) is 36.1 Å². The molecule has 0 radical (unpaired) electrons. The van der Waals surface area contributed by atoms with E-state index in [-0.39, 0.29) is 31.3 Å². The second-order valence-corrected chi connectivity index (χ2v) is 13.7. The lowest BCUT2D eigenvalue weighted by molar-refractivity contribution is -0.154. The van der Waals surface area contributed by atoms with Gasteiger partial charge in [0, 0.05) is 6.54 Å². The van der Waals surface area contributed by atoms with Crippen LogP contribution in [0.2, 0.25) is 0 Å². The zero-order chi connectivity index (χ0) is 33.5. The molecule has 1 aromatic rings. The molecule has 0 aromatic heterocycles. The molecule has 1 aromatic carbocycles. The van der Waals surface area contributed by atoms with E-state index in [9.17, 15) is 33.2 Å². The van der Waals surface area contributed by atoms with Crippen LogP contribution >= 0.6 is 0 Å². The molecule has 1 saturated heterocycles. The molecule has 3 rings (SSSR count). The fourth-order valence-corrected chi connectivity index (χ4v) is 6.17. The lowest BCUT2D eigenvalue weighted by Crippen LogP contribution is -2.64. The molecule has 1 unspecified atom stereocenters. The Balaban J connectivity index is 1.79.